The van der Waals surface area contributed by atoms with Crippen LogP contribution in [0.15, 0.2) is 24.3 Å². The largest absolute Gasteiger partial charge is 0.497 e. The van der Waals surface area contributed by atoms with Crippen molar-refractivity contribution < 1.29 is 14.6 Å². The van der Waals surface area contributed by atoms with E-state index in [9.17, 15) is 5.11 Å². The molecular weight excluding hydrogens is 216 g/mol. The first-order valence-electron chi connectivity index (χ1n) is 6.15. The van der Waals surface area contributed by atoms with E-state index in [0.717, 1.165) is 38.0 Å². The van der Waals surface area contributed by atoms with Gasteiger partial charge in [-0.25, -0.2) is 0 Å². The Morgan fingerprint density at radius 3 is 2.71 bits per heavy atom. The molecule has 0 bridgehead atoms. The monoisotopic (exact) mass is 236 g/mol. The standard InChI is InChI=1S/C14H20O3/c1-16-13-5-3-12(4-6-13)7-9-14(15)8-2-10-17-11-14/h3-6,15H,2,7-11H2,1H3. The predicted molar refractivity (Wildman–Crippen MR) is 66.3 cm³/mol. The van der Waals surface area contributed by atoms with Crippen molar-refractivity contribution in [2.75, 3.05) is 20.3 Å². The molecule has 1 N–H and O–H groups in total. The number of rotatable bonds is 4. The molecular formula is C14H20O3. The third kappa shape index (κ3) is 3.45. The van der Waals surface area contributed by atoms with E-state index in [1.165, 1.54) is 5.56 Å². The summed E-state index contributed by atoms with van der Waals surface area (Å²) in [4.78, 5) is 0. The van der Waals surface area contributed by atoms with Crippen LogP contribution in [0, 0.1) is 0 Å². The smallest absolute Gasteiger partial charge is 0.118 e. The first-order chi connectivity index (χ1) is 8.22. The number of methoxy groups -OCH3 is 1. The van der Waals surface area contributed by atoms with Crippen LogP contribution in [0.4, 0.5) is 0 Å². The molecule has 1 atom stereocenters. The third-order valence-corrected chi connectivity index (χ3v) is 3.34. The molecule has 1 aromatic rings. The van der Waals surface area contributed by atoms with Crippen molar-refractivity contribution in [1.29, 1.82) is 0 Å². The van der Waals surface area contributed by atoms with Crippen molar-refractivity contribution >= 4 is 0 Å². The maximum absolute atomic E-state index is 10.3. The van der Waals surface area contributed by atoms with Gasteiger partial charge in [0.25, 0.3) is 0 Å². The summed E-state index contributed by atoms with van der Waals surface area (Å²) in [6.45, 7) is 1.26. The molecule has 0 aliphatic carbocycles. The fourth-order valence-electron chi connectivity index (χ4n) is 2.20. The minimum atomic E-state index is -0.627. The normalized spacial score (nSPS) is 24.6. The highest BCUT2D eigenvalue weighted by Gasteiger charge is 2.29. The van der Waals surface area contributed by atoms with Crippen molar-refractivity contribution in [3.8, 4) is 5.75 Å². The Bertz CT molecular complexity index is 339. The molecule has 0 amide bonds. The minimum absolute atomic E-state index is 0.475. The molecule has 3 nitrogen and oxygen atoms in total. The van der Waals surface area contributed by atoms with Crippen LogP contribution < -0.4 is 4.74 Å². The molecule has 3 heteroatoms. The molecule has 1 aliphatic rings. The van der Waals surface area contributed by atoms with E-state index in [1.54, 1.807) is 7.11 Å². The molecule has 0 aromatic heterocycles. The highest BCUT2D eigenvalue weighted by Crippen LogP contribution is 2.24. The molecule has 1 unspecified atom stereocenters. The van der Waals surface area contributed by atoms with Crippen LogP contribution in [-0.2, 0) is 11.2 Å². The van der Waals surface area contributed by atoms with E-state index >= 15 is 0 Å². The third-order valence-electron chi connectivity index (χ3n) is 3.34. The SMILES string of the molecule is COc1ccc(CCC2(O)CCCOC2)cc1. The average molecular weight is 236 g/mol. The number of hydrogen-bond donors (Lipinski definition) is 1. The second kappa shape index (κ2) is 5.52. The highest BCUT2D eigenvalue weighted by atomic mass is 16.5. The summed E-state index contributed by atoms with van der Waals surface area (Å²) in [5, 5.41) is 10.3. The van der Waals surface area contributed by atoms with Gasteiger partial charge in [-0.05, 0) is 43.4 Å². The van der Waals surface area contributed by atoms with E-state index in [1.807, 2.05) is 24.3 Å². The van der Waals surface area contributed by atoms with Gasteiger partial charge in [-0.15, -0.1) is 0 Å². The van der Waals surface area contributed by atoms with E-state index < -0.39 is 5.60 Å². The molecule has 1 heterocycles. The Morgan fingerprint density at radius 1 is 1.35 bits per heavy atom. The summed E-state index contributed by atoms with van der Waals surface area (Å²) in [6.07, 6.45) is 3.45. The van der Waals surface area contributed by atoms with Gasteiger partial charge >= 0.3 is 0 Å². The van der Waals surface area contributed by atoms with Crippen LogP contribution in [-0.4, -0.2) is 31.0 Å². The first kappa shape index (κ1) is 12.4. The summed E-state index contributed by atoms with van der Waals surface area (Å²) in [5.41, 5.74) is 0.600. The fraction of sp³-hybridized carbons (Fsp3) is 0.571. The maximum Gasteiger partial charge on any atom is 0.118 e. The first-order valence-corrected chi connectivity index (χ1v) is 6.15. The Labute approximate surface area is 102 Å². The van der Waals surface area contributed by atoms with E-state index in [2.05, 4.69) is 0 Å². The number of aryl methyl sites for hydroxylation is 1. The van der Waals surface area contributed by atoms with Gasteiger partial charge in [-0.3, -0.25) is 0 Å². The molecule has 1 aliphatic heterocycles. The van der Waals surface area contributed by atoms with Crippen LogP contribution in [0.25, 0.3) is 0 Å². The summed E-state index contributed by atoms with van der Waals surface area (Å²) in [5.74, 6) is 0.869. The number of ether oxygens (including phenoxy) is 2. The molecule has 1 aromatic carbocycles. The lowest BCUT2D eigenvalue weighted by atomic mass is 9.90. The second-order valence-corrected chi connectivity index (χ2v) is 4.73. The lowest BCUT2D eigenvalue weighted by Gasteiger charge is -2.31. The minimum Gasteiger partial charge on any atom is -0.497 e. The molecule has 0 spiro atoms. The van der Waals surface area contributed by atoms with Gasteiger partial charge in [-0.2, -0.15) is 0 Å². The van der Waals surface area contributed by atoms with Gasteiger partial charge in [-0.1, -0.05) is 12.1 Å². The van der Waals surface area contributed by atoms with E-state index in [4.69, 9.17) is 9.47 Å². The highest BCUT2D eigenvalue weighted by molar-refractivity contribution is 5.27. The van der Waals surface area contributed by atoms with Crippen LogP contribution >= 0.6 is 0 Å². The zero-order valence-corrected chi connectivity index (χ0v) is 10.3. The van der Waals surface area contributed by atoms with Crippen molar-refractivity contribution in [3.63, 3.8) is 0 Å². The Balaban J connectivity index is 1.87. The summed E-state index contributed by atoms with van der Waals surface area (Å²) >= 11 is 0. The molecule has 1 fully saturated rings. The Morgan fingerprint density at radius 2 is 2.12 bits per heavy atom. The quantitative estimate of drug-likeness (QED) is 0.870. The summed E-state index contributed by atoms with van der Waals surface area (Å²) in [7, 11) is 1.66. The Kier molecular flexibility index (Phi) is 4.02. The van der Waals surface area contributed by atoms with Crippen molar-refractivity contribution in [2.45, 2.75) is 31.3 Å². The fourth-order valence-corrected chi connectivity index (χ4v) is 2.20. The lowest BCUT2D eigenvalue weighted by Crippen LogP contribution is -2.38. The van der Waals surface area contributed by atoms with Gasteiger partial charge in [0.2, 0.25) is 0 Å². The second-order valence-electron chi connectivity index (χ2n) is 4.73. The van der Waals surface area contributed by atoms with Crippen molar-refractivity contribution in [1.82, 2.24) is 0 Å². The lowest BCUT2D eigenvalue weighted by molar-refractivity contribution is -0.0893. The van der Waals surface area contributed by atoms with Crippen molar-refractivity contribution in [3.05, 3.63) is 29.8 Å². The zero-order chi connectivity index (χ0) is 12.1. The summed E-state index contributed by atoms with van der Waals surface area (Å²) < 4.78 is 10.5. The van der Waals surface area contributed by atoms with Crippen LogP contribution in [0.3, 0.4) is 0 Å². The number of benzene rings is 1. The van der Waals surface area contributed by atoms with Gasteiger partial charge in [0, 0.05) is 6.61 Å². The number of aliphatic hydroxyl groups is 1. The molecule has 2 rings (SSSR count). The van der Waals surface area contributed by atoms with Gasteiger partial charge in [0.15, 0.2) is 0 Å². The van der Waals surface area contributed by atoms with Crippen LogP contribution in [0.1, 0.15) is 24.8 Å². The summed E-state index contributed by atoms with van der Waals surface area (Å²) in [6, 6.07) is 8.01. The topological polar surface area (TPSA) is 38.7 Å². The predicted octanol–water partition coefficient (Wildman–Crippen LogP) is 2.17. The van der Waals surface area contributed by atoms with Crippen molar-refractivity contribution in [2.24, 2.45) is 0 Å². The van der Waals surface area contributed by atoms with Gasteiger partial charge in [0.05, 0.1) is 19.3 Å². The molecule has 94 valence electrons. The molecule has 0 saturated carbocycles. The molecule has 1 saturated heterocycles. The van der Waals surface area contributed by atoms with Crippen LogP contribution in [0.2, 0.25) is 0 Å². The van der Waals surface area contributed by atoms with Gasteiger partial charge < -0.3 is 14.6 Å². The van der Waals surface area contributed by atoms with E-state index in [-0.39, 0.29) is 0 Å². The van der Waals surface area contributed by atoms with Gasteiger partial charge in [0.1, 0.15) is 5.75 Å². The number of hydrogen-bond acceptors (Lipinski definition) is 3. The Hall–Kier alpha value is -1.06. The van der Waals surface area contributed by atoms with E-state index in [0.29, 0.717) is 6.61 Å². The average Bonchev–Trinajstić information content (AvgIpc) is 2.38. The zero-order valence-electron chi connectivity index (χ0n) is 10.3. The maximum atomic E-state index is 10.3. The molecule has 0 radical (unpaired) electrons. The molecule has 17 heavy (non-hydrogen) atoms. The van der Waals surface area contributed by atoms with Crippen LogP contribution in [0.5, 0.6) is 5.75 Å².